The van der Waals surface area contributed by atoms with Crippen LogP contribution in [0.5, 0.6) is 5.75 Å². The summed E-state index contributed by atoms with van der Waals surface area (Å²) >= 11 is 13.1. The maximum Gasteiger partial charge on any atom is 0.264 e. The molecule has 162 valence electrons. The molecule has 1 amide bonds. The summed E-state index contributed by atoms with van der Waals surface area (Å²) < 4.78 is 6.37. The van der Waals surface area contributed by atoms with E-state index in [0.29, 0.717) is 26.5 Å². The van der Waals surface area contributed by atoms with Crippen LogP contribution in [-0.2, 0) is 4.79 Å². The van der Waals surface area contributed by atoms with E-state index in [1.165, 1.54) is 10.9 Å². The molecule has 0 aliphatic heterocycles. The first-order valence-corrected chi connectivity index (χ1v) is 10.6. The maximum absolute atomic E-state index is 12.3. The lowest BCUT2D eigenvalue weighted by Gasteiger charge is -2.09. The molecule has 0 saturated heterocycles. The van der Waals surface area contributed by atoms with Gasteiger partial charge in [0.05, 0.1) is 24.1 Å². The Balaban J connectivity index is 1.55. The number of nitrogens with zero attached hydrogens (tertiary/aromatic N) is 4. The molecule has 0 unspecified atom stereocenters. The average molecular weight is 480 g/mol. The molecule has 1 heterocycles. The Morgan fingerprint density at radius 2 is 2.10 bits per heavy atom. The van der Waals surface area contributed by atoms with Gasteiger partial charge in [0, 0.05) is 16.3 Å². The van der Waals surface area contributed by atoms with Gasteiger partial charge in [0.15, 0.2) is 0 Å². The zero-order valence-electron chi connectivity index (χ0n) is 16.6. The molecule has 0 fully saturated rings. The number of thioether (sulfide) groups is 1. The molecule has 1 aromatic heterocycles. The monoisotopic (exact) mass is 479 g/mol. The van der Waals surface area contributed by atoms with E-state index in [-0.39, 0.29) is 17.6 Å². The SMILES string of the molecule is COc1ccc(NC(=O)CSc2nnc(N/N=C/c3ccc(Cl)cc3Cl)n2N)c(C)c1. The van der Waals surface area contributed by atoms with Crippen molar-refractivity contribution in [2.45, 2.75) is 12.1 Å². The first-order valence-electron chi connectivity index (χ1n) is 8.89. The van der Waals surface area contributed by atoms with E-state index in [2.05, 4.69) is 26.0 Å². The van der Waals surface area contributed by atoms with Crippen LogP contribution in [0.1, 0.15) is 11.1 Å². The zero-order valence-corrected chi connectivity index (χ0v) is 18.9. The van der Waals surface area contributed by atoms with Gasteiger partial charge in [-0.1, -0.05) is 41.0 Å². The van der Waals surface area contributed by atoms with Crippen LogP contribution in [-0.4, -0.2) is 39.9 Å². The predicted molar refractivity (Wildman–Crippen MR) is 125 cm³/mol. The van der Waals surface area contributed by atoms with Crippen molar-refractivity contribution in [3.05, 3.63) is 57.6 Å². The molecule has 3 aromatic rings. The number of carbonyl (C=O) groups excluding carboxylic acids is 1. The van der Waals surface area contributed by atoms with Gasteiger partial charge in [-0.15, -0.1) is 10.2 Å². The van der Waals surface area contributed by atoms with Crippen LogP contribution in [0.15, 0.2) is 46.7 Å². The second kappa shape index (κ2) is 10.4. The summed E-state index contributed by atoms with van der Waals surface area (Å²) in [6, 6.07) is 10.5. The van der Waals surface area contributed by atoms with Crippen LogP contribution in [0.2, 0.25) is 10.0 Å². The summed E-state index contributed by atoms with van der Waals surface area (Å²) in [4.78, 5) is 12.3. The minimum atomic E-state index is -0.203. The van der Waals surface area contributed by atoms with Crippen molar-refractivity contribution < 1.29 is 9.53 Å². The second-order valence-corrected chi connectivity index (χ2v) is 8.02. The van der Waals surface area contributed by atoms with Gasteiger partial charge < -0.3 is 15.9 Å². The van der Waals surface area contributed by atoms with Gasteiger partial charge >= 0.3 is 0 Å². The number of hydrazone groups is 1. The van der Waals surface area contributed by atoms with Crippen molar-refractivity contribution in [2.24, 2.45) is 5.10 Å². The molecule has 4 N–H and O–H groups in total. The molecule has 2 aromatic carbocycles. The number of nitrogen functional groups attached to an aromatic ring is 1. The van der Waals surface area contributed by atoms with E-state index in [4.69, 9.17) is 33.8 Å². The fraction of sp³-hybridized carbons (Fsp3) is 0.158. The van der Waals surface area contributed by atoms with Crippen molar-refractivity contribution >= 4 is 58.7 Å². The van der Waals surface area contributed by atoms with Gasteiger partial charge in [0.2, 0.25) is 11.1 Å². The lowest BCUT2D eigenvalue weighted by Crippen LogP contribution is -2.17. The fourth-order valence-corrected chi connectivity index (χ4v) is 3.55. The maximum atomic E-state index is 12.3. The number of aryl methyl sites for hydroxylation is 1. The van der Waals surface area contributed by atoms with Crippen molar-refractivity contribution in [2.75, 3.05) is 29.4 Å². The minimum Gasteiger partial charge on any atom is -0.497 e. The third kappa shape index (κ3) is 6.03. The summed E-state index contributed by atoms with van der Waals surface area (Å²) in [5, 5.41) is 16.1. The zero-order chi connectivity index (χ0) is 22.4. The molecular formula is C19H19Cl2N7O2S. The lowest BCUT2D eigenvalue weighted by atomic mass is 10.2. The number of anilines is 2. The van der Waals surface area contributed by atoms with Crippen molar-refractivity contribution in [3.63, 3.8) is 0 Å². The smallest absolute Gasteiger partial charge is 0.264 e. The average Bonchev–Trinajstić information content (AvgIpc) is 3.09. The summed E-state index contributed by atoms with van der Waals surface area (Å²) in [7, 11) is 1.59. The Kier molecular flexibility index (Phi) is 7.61. The highest BCUT2D eigenvalue weighted by Crippen LogP contribution is 2.23. The van der Waals surface area contributed by atoms with Crippen LogP contribution >= 0.6 is 35.0 Å². The number of aromatic nitrogens is 3. The molecule has 9 nitrogen and oxygen atoms in total. The molecule has 0 bridgehead atoms. The Hall–Kier alpha value is -2.95. The first kappa shape index (κ1) is 22.7. The first-order chi connectivity index (χ1) is 14.9. The topological polar surface area (TPSA) is 119 Å². The van der Waals surface area contributed by atoms with Gasteiger partial charge in [0.25, 0.3) is 5.95 Å². The number of ether oxygens (including phenoxy) is 1. The molecule has 0 atom stereocenters. The van der Waals surface area contributed by atoms with Gasteiger partial charge in [0.1, 0.15) is 5.75 Å². The highest BCUT2D eigenvalue weighted by atomic mass is 35.5. The number of hydrogen-bond acceptors (Lipinski definition) is 8. The molecule has 0 aliphatic carbocycles. The van der Waals surface area contributed by atoms with Crippen LogP contribution in [0, 0.1) is 6.92 Å². The van der Waals surface area contributed by atoms with Gasteiger partial charge in [-0.3, -0.25) is 4.79 Å². The number of benzene rings is 2. The Morgan fingerprint density at radius 3 is 2.81 bits per heavy atom. The molecule has 3 rings (SSSR count). The van der Waals surface area contributed by atoms with Crippen LogP contribution in [0.4, 0.5) is 11.6 Å². The minimum absolute atomic E-state index is 0.102. The standard InChI is InChI=1S/C19H19Cl2N7O2S/c1-11-7-14(30-2)5-6-16(11)24-17(29)10-31-19-27-26-18(28(19)22)25-23-9-12-3-4-13(20)8-15(12)21/h3-9H,10,22H2,1-2H3,(H,24,29)(H,25,26)/b23-9+. The van der Waals surface area contributed by atoms with E-state index < -0.39 is 0 Å². The highest BCUT2D eigenvalue weighted by molar-refractivity contribution is 7.99. The lowest BCUT2D eigenvalue weighted by molar-refractivity contribution is -0.113. The van der Waals surface area contributed by atoms with Gasteiger partial charge in [-0.2, -0.15) is 5.10 Å². The quantitative estimate of drug-likeness (QED) is 0.194. The number of rotatable bonds is 8. The number of methoxy groups -OCH3 is 1. The number of carbonyl (C=O) groups is 1. The Labute approximate surface area is 192 Å². The van der Waals surface area contributed by atoms with Crippen LogP contribution in [0.25, 0.3) is 0 Å². The van der Waals surface area contributed by atoms with E-state index in [0.717, 1.165) is 23.1 Å². The number of nitrogens with two attached hydrogens (primary N) is 1. The summed E-state index contributed by atoms with van der Waals surface area (Å²) in [5.41, 5.74) is 4.95. The predicted octanol–water partition coefficient (Wildman–Crippen LogP) is 3.79. The van der Waals surface area contributed by atoms with Crippen LogP contribution in [0.3, 0.4) is 0 Å². The molecule has 0 radical (unpaired) electrons. The third-order valence-electron chi connectivity index (χ3n) is 4.04. The van der Waals surface area contributed by atoms with Gasteiger partial charge in [-0.05, 0) is 42.8 Å². The van der Waals surface area contributed by atoms with Crippen LogP contribution < -0.4 is 21.3 Å². The summed E-state index contributed by atoms with van der Waals surface area (Å²) in [5.74, 6) is 6.80. The van der Waals surface area contributed by atoms with E-state index in [9.17, 15) is 4.79 Å². The fourth-order valence-electron chi connectivity index (χ4n) is 2.44. The van der Waals surface area contributed by atoms with Crippen molar-refractivity contribution in [1.29, 1.82) is 0 Å². The molecule has 0 saturated carbocycles. The van der Waals surface area contributed by atoms with Crippen molar-refractivity contribution in [3.8, 4) is 5.75 Å². The molecule has 12 heteroatoms. The Bertz CT molecular complexity index is 1120. The normalized spacial score (nSPS) is 11.0. The second-order valence-electron chi connectivity index (χ2n) is 6.23. The molecule has 0 aliphatic rings. The molecule has 0 spiro atoms. The number of nitrogens with one attached hydrogen (secondary N) is 2. The molecular weight excluding hydrogens is 461 g/mol. The van der Waals surface area contributed by atoms with Gasteiger partial charge in [-0.25, -0.2) is 10.1 Å². The summed E-state index contributed by atoms with van der Waals surface area (Å²) in [6.07, 6.45) is 1.50. The van der Waals surface area contributed by atoms with Crippen molar-refractivity contribution in [1.82, 2.24) is 14.9 Å². The largest absolute Gasteiger partial charge is 0.497 e. The Morgan fingerprint density at radius 1 is 1.29 bits per heavy atom. The highest BCUT2D eigenvalue weighted by Gasteiger charge is 2.13. The van der Waals surface area contributed by atoms with E-state index >= 15 is 0 Å². The number of amides is 1. The number of hydrogen-bond donors (Lipinski definition) is 3. The molecule has 31 heavy (non-hydrogen) atoms. The summed E-state index contributed by atoms with van der Waals surface area (Å²) in [6.45, 7) is 1.89. The van der Waals surface area contributed by atoms with E-state index in [1.807, 2.05) is 13.0 Å². The number of halogens is 2. The van der Waals surface area contributed by atoms with E-state index in [1.54, 1.807) is 37.4 Å². The third-order valence-corrected chi connectivity index (χ3v) is 5.54.